The first-order valence-corrected chi connectivity index (χ1v) is 11.4. The van der Waals surface area contributed by atoms with Gasteiger partial charge in [-0.3, -0.25) is 14.7 Å². The third-order valence-electron chi connectivity index (χ3n) is 5.52. The van der Waals surface area contributed by atoms with Crippen LogP contribution in [-0.4, -0.2) is 67.5 Å². The maximum absolute atomic E-state index is 12.3. The zero-order valence-corrected chi connectivity index (χ0v) is 16.9. The van der Waals surface area contributed by atoms with E-state index in [1.807, 2.05) is 31.0 Å². The SMILES string of the molecule is Cc1ncccc1OC1CCC(NC(=O)CN(C)C2CCS(=O)(=O)C2)CC1. The molecule has 1 amide bonds. The van der Waals surface area contributed by atoms with Crippen LogP contribution >= 0.6 is 0 Å². The fraction of sp³-hybridized carbons (Fsp3) is 0.684. The molecule has 150 valence electrons. The molecule has 27 heavy (non-hydrogen) atoms. The van der Waals surface area contributed by atoms with E-state index < -0.39 is 9.84 Å². The van der Waals surface area contributed by atoms with Gasteiger partial charge >= 0.3 is 0 Å². The van der Waals surface area contributed by atoms with E-state index in [1.54, 1.807) is 6.20 Å². The third kappa shape index (κ3) is 5.65. The summed E-state index contributed by atoms with van der Waals surface area (Å²) in [5.74, 6) is 1.18. The highest BCUT2D eigenvalue weighted by molar-refractivity contribution is 7.91. The van der Waals surface area contributed by atoms with E-state index in [1.165, 1.54) is 0 Å². The predicted octanol–water partition coefficient (Wildman–Crippen LogP) is 1.32. The first kappa shape index (κ1) is 20.1. The molecule has 0 bridgehead atoms. The maximum atomic E-state index is 12.3. The van der Waals surface area contributed by atoms with E-state index in [0.717, 1.165) is 37.1 Å². The van der Waals surface area contributed by atoms with Crippen molar-refractivity contribution in [1.82, 2.24) is 15.2 Å². The van der Waals surface area contributed by atoms with E-state index in [-0.39, 0.29) is 42.1 Å². The molecule has 1 atom stereocenters. The first-order valence-electron chi connectivity index (χ1n) is 9.61. The Morgan fingerprint density at radius 1 is 1.30 bits per heavy atom. The average Bonchev–Trinajstić information content (AvgIpc) is 2.99. The summed E-state index contributed by atoms with van der Waals surface area (Å²) >= 11 is 0. The number of amides is 1. The molecule has 2 heterocycles. The predicted molar refractivity (Wildman–Crippen MR) is 103 cm³/mol. The minimum absolute atomic E-state index is 0.0331. The minimum atomic E-state index is -2.93. The molecule has 7 nitrogen and oxygen atoms in total. The van der Waals surface area contributed by atoms with E-state index in [0.29, 0.717) is 6.42 Å². The van der Waals surface area contributed by atoms with Crippen molar-refractivity contribution in [3.63, 3.8) is 0 Å². The van der Waals surface area contributed by atoms with Gasteiger partial charge in [-0.1, -0.05) is 0 Å². The summed E-state index contributed by atoms with van der Waals surface area (Å²) in [7, 11) is -1.10. The number of nitrogens with zero attached hydrogens (tertiary/aromatic N) is 2. The Bertz CT molecular complexity index is 760. The van der Waals surface area contributed by atoms with Crippen LogP contribution in [0, 0.1) is 6.92 Å². The standard InChI is InChI=1S/C19H29N3O4S/c1-14-18(4-3-10-20-14)26-17-7-5-15(6-8-17)21-19(23)12-22(2)16-9-11-27(24,25)13-16/h3-4,10,15-17H,5-9,11-13H2,1-2H3,(H,21,23). The van der Waals surface area contributed by atoms with Crippen LogP contribution in [0.2, 0.25) is 0 Å². The fourth-order valence-corrected chi connectivity index (χ4v) is 5.66. The van der Waals surface area contributed by atoms with E-state index in [2.05, 4.69) is 10.3 Å². The van der Waals surface area contributed by atoms with Crippen LogP contribution in [0.15, 0.2) is 18.3 Å². The summed E-state index contributed by atoms with van der Waals surface area (Å²) in [5, 5.41) is 3.09. The summed E-state index contributed by atoms with van der Waals surface area (Å²) in [4.78, 5) is 18.4. The summed E-state index contributed by atoms with van der Waals surface area (Å²) in [6, 6.07) is 3.93. The van der Waals surface area contributed by atoms with Crippen LogP contribution in [-0.2, 0) is 14.6 Å². The molecule has 1 aliphatic heterocycles. The molecule has 0 radical (unpaired) electrons. The minimum Gasteiger partial charge on any atom is -0.489 e. The molecular weight excluding hydrogens is 366 g/mol. The summed E-state index contributed by atoms with van der Waals surface area (Å²) in [6.07, 6.45) is 6.10. The van der Waals surface area contributed by atoms with Crippen LogP contribution in [0.1, 0.15) is 37.8 Å². The lowest BCUT2D eigenvalue weighted by Gasteiger charge is -2.30. The van der Waals surface area contributed by atoms with Crippen molar-refractivity contribution < 1.29 is 17.9 Å². The van der Waals surface area contributed by atoms with Gasteiger partial charge in [0.25, 0.3) is 0 Å². The van der Waals surface area contributed by atoms with Crippen LogP contribution in [0.25, 0.3) is 0 Å². The number of ether oxygens (including phenoxy) is 1. The van der Waals surface area contributed by atoms with Crippen LogP contribution in [0.5, 0.6) is 5.75 Å². The van der Waals surface area contributed by atoms with Crippen molar-refractivity contribution in [3.05, 3.63) is 24.0 Å². The third-order valence-corrected chi connectivity index (χ3v) is 7.27. The van der Waals surface area contributed by atoms with Crippen LogP contribution in [0.4, 0.5) is 0 Å². The number of pyridine rings is 1. The molecule has 3 rings (SSSR count). The van der Waals surface area contributed by atoms with Gasteiger partial charge in [0.2, 0.25) is 5.91 Å². The van der Waals surface area contributed by atoms with E-state index in [9.17, 15) is 13.2 Å². The number of sulfone groups is 1. The normalized spacial score (nSPS) is 27.4. The lowest BCUT2D eigenvalue weighted by Crippen LogP contribution is -2.46. The second kappa shape index (κ2) is 8.56. The van der Waals surface area contributed by atoms with Gasteiger partial charge in [-0.25, -0.2) is 8.42 Å². The molecule has 0 spiro atoms. The Kier molecular flexibility index (Phi) is 6.37. The van der Waals surface area contributed by atoms with Crippen molar-refractivity contribution in [2.24, 2.45) is 0 Å². The molecule has 1 aromatic heterocycles. The molecule has 1 aromatic rings. The Morgan fingerprint density at radius 3 is 2.67 bits per heavy atom. The van der Waals surface area contributed by atoms with Gasteiger partial charge in [0, 0.05) is 18.3 Å². The Hall–Kier alpha value is -1.67. The van der Waals surface area contributed by atoms with Crippen molar-refractivity contribution in [3.8, 4) is 5.75 Å². The van der Waals surface area contributed by atoms with Gasteiger partial charge in [0.05, 0.1) is 29.8 Å². The number of likely N-dealkylation sites (N-methyl/N-ethyl adjacent to an activating group) is 1. The van der Waals surface area contributed by atoms with Gasteiger partial charge in [0.1, 0.15) is 5.75 Å². The number of carbonyl (C=O) groups excluding carboxylic acids is 1. The molecular formula is C19H29N3O4S. The zero-order chi connectivity index (χ0) is 19.4. The second-order valence-electron chi connectivity index (χ2n) is 7.72. The average molecular weight is 396 g/mol. The van der Waals surface area contributed by atoms with Crippen molar-refractivity contribution in [2.75, 3.05) is 25.1 Å². The highest BCUT2D eigenvalue weighted by Gasteiger charge is 2.31. The van der Waals surface area contributed by atoms with Crippen molar-refractivity contribution >= 4 is 15.7 Å². The number of carbonyl (C=O) groups is 1. The lowest BCUT2D eigenvalue weighted by molar-refractivity contribution is -0.123. The maximum Gasteiger partial charge on any atom is 0.234 e. The van der Waals surface area contributed by atoms with Gasteiger partial charge in [0.15, 0.2) is 9.84 Å². The van der Waals surface area contributed by atoms with Gasteiger partial charge in [-0.05, 0) is 58.2 Å². The number of hydrogen-bond acceptors (Lipinski definition) is 6. The topological polar surface area (TPSA) is 88.6 Å². The zero-order valence-electron chi connectivity index (χ0n) is 16.1. The largest absolute Gasteiger partial charge is 0.489 e. The smallest absolute Gasteiger partial charge is 0.234 e. The number of hydrogen-bond donors (Lipinski definition) is 1. The molecule has 0 aromatic carbocycles. The van der Waals surface area contributed by atoms with Crippen molar-refractivity contribution in [1.29, 1.82) is 0 Å². The molecule has 1 unspecified atom stereocenters. The lowest BCUT2D eigenvalue weighted by atomic mass is 9.93. The molecule has 1 saturated carbocycles. The fourth-order valence-electron chi connectivity index (χ4n) is 3.85. The monoisotopic (exact) mass is 395 g/mol. The first-order chi connectivity index (χ1) is 12.8. The molecule has 2 fully saturated rings. The number of rotatable bonds is 6. The van der Waals surface area contributed by atoms with Crippen LogP contribution in [0.3, 0.4) is 0 Å². The number of nitrogens with one attached hydrogen (secondary N) is 1. The van der Waals surface area contributed by atoms with E-state index in [4.69, 9.17) is 4.74 Å². The van der Waals surface area contributed by atoms with Crippen molar-refractivity contribution in [2.45, 2.75) is 57.2 Å². The molecule has 8 heteroatoms. The summed E-state index contributed by atoms with van der Waals surface area (Å²) in [5.41, 5.74) is 0.893. The quantitative estimate of drug-likeness (QED) is 0.781. The van der Waals surface area contributed by atoms with Crippen LogP contribution < -0.4 is 10.1 Å². The second-order valence-corrected chi connectivity index (χ2v) is 9.95. The number of aryl methyl sites for hydroxylation is 1. The summed E-state index contributed by atoms with van der Waals surface area (Å²) in [6.45, 7) is 2.18. The molecule has 1 saturated heterocycles. The highest BCUT2D eigenvalue weighted by Crippen LogP contribution is 2.25. The summed E-state index contributed by atoms with van der Waals surface area (Å²) < 4.78 is 29.2. The van der Waals surface area contributed by atoms with Gasteiger partial charge in [-0.2, -0.15) is 0 Å². The van der Waals surface area contributed by atoms with Gasteiger partial charge < -0.3 is 10.1 Å². The number of aromatic nitrogens is 1. The highest BCUT2D eigenvalue weighted by atomic mass is 32.2. The van der Waals surface area contributed by atoms with Gasteiger partial charge in [-0.15, -0.1) is 0 Å². The Morgan fingerprint density at radius 2 is 2.04 bits per heavy atom. The van der Waals surface area contributed by atoms with E-state index >= 15 is 0 Å². The molecule has 1 N–H and O–H groups in total. The molecule has 1 aliphatic carbocycles. The Balaban J connectivity index is 1.40. The molecule has 2 aliphatic rings. The Labute approximate surface area is 161 Å².